The molecule has 190 valence electrons. The van der Waals surface area contributed by atoms with Gasteiger partial charge in [-0.05, 0) is 82.3 Å². The fourth-order valence-electron chi connectivity index (χ4n) is 5.11. The minimum atomic E-state index is -0.279. The smallest absolute Gasteiger partial charge is 0.308 e. The number of fused-ring (bicyclic) bond motifs is 1. The Hall–Kier alpha value is -3.34. The summed E-state index contributed by atoms with van der Waals surface area (Å²) in [5.41, 5.74) is 5.65. The van der Waals surface area contributed by atoms with E-state index in [2.05, 4.69) is 39.0 Å². The van der Waals surface area contributed by atoms with Crippen LogP contribution >= 0.6 is 0 Å². The number of hydrogen-bond acceptors (Lipinski definition) is 4. The van der Waals surface area contributed by atoms with E-state index in [1.54, 1.807) is 19.2 Å². The van der Waals surface area contributed by atoms with Crippen molar-refractivity contribution in [3.8, 4) is 22.6 Å². The van der Waals surface area contributed by atoms with Gasteiger partial charge in [-0.25, -0.2) is 4.39 Å². The summed E-state index contributed by atoms with van der Waals surface area (Å²) in [5, 5.41) is 0. The first kappa shape index (κ1) is 25.7. The van der Waals surface area contributed by atoms with Crippen LogP contribution < -0.4 is 9.47 Å². The average molecular weight is 491 g/mol. The van der Waals surface area contributed by atoms with Gasteiger partial charge in [0, 0.05) is 5.56 Å². The zero-order valence-electron chi connectivity index (χ0n) is 22.0. The largest absolute Gasteiger partial charge is 0.497 e. The van der Waals surface area contributed by atoms with Crippen LogP contribution in [0.4, 0.5) is 4.39 Å². The molecule has 3 aromatic rings. The zero-order valence-corrected chi connectivity index (χ0v) is 22.0. The number of esters is 1. The quantitative estimate of drug-likeness (QED) is 0.328. The average Bonchev–Trinajstić information content (AvgIpc) is 3.29. The predicted molar refractivity (Wildman–Crippen MR) is 140 cm³/mol. The van der Waals surface area contributed by atoms with Crippen LogP contribution in [-0.4, -0.2) is 20.2 Å². The minimum absolute atomic E-state index is 0.139. The Kier molecular flexibility index (Phi) is 7.39. The Morgan fingerprint density at radius 3 is 2.44 bits per heavy atom. The van der Waals surface area contributed by atoms with E-state index in [0.717, 1.165) is 35.3 Å². The summed E-state index contributed by atoms with van der Waals surface area (Å²) in [7, 11) is 3.02. The summed E-state index contributed by atoms with van der Waals surface area (Å²) in [5.74, 6) is 0.889. The van der Waals surface area contributed by atoms with Crippen molar-refractivity contribution in [1.82, 2.24) is 0 Å². The van der Waals surface area contributed by atoms with Crippen molar-refractivity contribution in [2.45, 2.75) is 58.5 Å². The zero-order chi connectivity index (χ0) is 26.0. The summed E-state index contributed by atoms with van der Waals surface area (Å²) >= 11 is 0. The molecule has 0 aromatic heterocycles. The molecule has 0 bridgehead atoms. The van der Waals surface area contributed by atoms with E-state index in [-0.39, 0.29) is 29.0 Å². The molecule has 1 aliphatic rings. The van der Waals surface area contributed by atoms with E-state index in [9.17, 15) is 9.18 Å². The van der Waals surface area contributed by atoms with Crippen LogP contribution in [0.15, 0.2) is 54.6 Å². The van der Waals surface area contributed by atoms with E-state index in [1.165, 1.54) is 24.3 Å². The normalized spacial score (nSPS) is 15.8. The number of halogens is 1. The highest BCUT2D eigenvalue weighted by Crippen LogP contribution is 2.41. The highest BCUT2D eigenvalue weighted by molar-refractivity contribution is 5.73. The van der Waals surface area contributed by atoms with Gasteiger partial charge in [0.05, 0.1) is 20.1 Å². The van der Waals surface area contributed by atoms with Gasteiger partial charge in [0.2, 0.25) is 0 Å². The third kappa shape index (κ3) is 5.25. The lowest BCUT2D eigenvalue weighted by molar-refractivity contribution is -0.145. The van der Waals surface area contributed by atoms with Crippen molar-refractivity contribution >= 4 is 5.97 Å². The molecule has 5 heteroatoms. The Bertz CT molecular complexity index is 1260. The molecule has 0 radical (unpaired) electrons. The van der Waals surface area contributed by atoms with Crippen molar-refractivity contribution in [2.24, 2.45) is 5.92 Å². The summed E-state index contributed by atoms with van der Waals surface area (Å²) < 4.78 is 31.3. The van der Waals surface area contributed by atoms with Crippen molar-refractivity contribution < 1.29 is 23.4 Å². The maximum Gasteiger partial charge on any atom is 0.308 e. The van der Waals surface area contributed by atoms with E-state index in [4.69, 9.17) is 14.2 Å². The molecule has 1 unspecified atom stereocenters. The Balaban J connectivity index is 1.59. The van der Waals surface area contributed by atoms with Gasteiger partial charge < -0.3 is 14.2 Å². The fraction of sp³-hybridized carbons (Fsp3) is 0.387. The molecule has 4 nitrogen and oxygen atoms in total. The van der Waals surface area contributed by atoms with E-state index in [1.807, 2.05) is 25.1 Å². The number of rotatable bonds is 7. The first-order valence-corrected chi connectivity index (χ1v) is 12.4. The van der Waals surface area contributed by atoms with E-state index < -0.39 is 0 Å². The summed E-state index contributed by atoms with van der Waals surface area (Å²) in [4.78, 5) is 12.1. The molecule has 0 spiro atoms. The van der Waals surface area contributed by atoms with Gasteiger partial charge in [0.25, 0.3) is 0 Å². The second kappa shape index (κ2) is 10.3. The van der Waals surface area contributed by atoms with Gasteiger partial charge in [-0.1, -0.05) is 52.0 Å². The number of hydrogen-bond donors (Lipinski definition) is 0. The van der Waals surface area contributed by atoms with Gasteiger partial charge in [-0.3, -0.25) is 4.79 Å². The molecular weight excluding hydrogens is 455 g/mol. The molecule has 0 heterocycles. The monoisotopic (exact) mass is 490 g/mol. The van der Waals surface area contributed by atoms with Gasteiger partial charge in [-0.15, -0.1) is 0 Å². The number of carbonyl (C=O) groups excluding carboxylic acids is 1. The highest BCUT2D eigenvalue weighted by Gasteiger charge is 2.32. The van der Waals surface area contributed by atoms with Crippen molar-refractivity contribution in [3.05, 3.63) is 82.7 Å². The summed E-state index contributed by atoms with van der Waals surface area (Å²) in [6.45, 7) is 8.69. The SMILES string of the molecule is COC(=O)[C@@H](C)C1CCc2ccc(OCc3ccc(-c4cc(OC)ccc4F)c(C(C)(C)C)c3)cc21. The van der Waals surface area contributed by atoms with Gasteiger partial charge in [0.1, 0.15) is 23.9 Å². The fourth-order valence-corrected chi connectivity index (χ4v) is 5.11. The highest BCUT2D eigenvalue weighted by atomic mass is 19.1. The van der Waals surface area contributed by atoms with Crippen LogP contribution in [0.2, 0.25) is 0 Å². The van der Waals surface area contributed by atoms with Crippen LogP contribution in [0.1, 0.15) is 62.3 Å². The first-order valence-electron chi connectivity index (χ1n) is 12.4. The maximum absolute atomic E-state index is 14.8. The number of carbonyl (C=O) groups is 1. The topological polar surface area (TPSA) is 44.8 Å². The number of benzene rings is 3. The molecule has 2 atom stereocenters. The lowest BCUT2D eigenvalue weighted by Crippen LogP contribution is -2.19. The molecule has 1 aliphatic carbocycles. The van der Waals surface area contributed by atoms with Gasteiger partial charge >= 0.3 is 5.97 Å². The van der Waals surface area contributed by atoms with Crippen LogP contribution in [0.3, 0.4) is 0 Å². The Morgan fingerprint density at radius 1 is 1.00 bits per heavy atom. The lowest BCUT2D eigenvalue weighted by atomic mass is 9.81. The standard InChI is InChI=1S/C31H35FO4/c1-19(30(33)35-6)24-13-9-21-8-10-23(17-26(21)24)36-18-20-7-12-25(28(15-20)31(2,3)4)27-16-22(34-5)11-14-29(27)32/h7-8,10-12,14-17,19,24H,9,13,18H2,1-6H3/t19-,24?/m0/s1. The molecule has 0 N–H and O–H groups in total. The molecule has 0 aliphatic heterocycles. The molecule has 0 saturated carbocycles. The van der Waals surface area contributed by atoms with Crippen LogP contribution in [-0.2, 0) is 28.0 Å². The van der Waals surface area contributed by atoms with Gasteiger partial charge in [0.15, 0.2) is 0 Å². The maximum atomic E-state index is 14.8. The number of aryl methyl sites for hydroxylation is 1. The molecule has 3 aromatic carbocycles. The lowest BCUT2D eigenvalue weighted by Gasteiger charge is -2.25. The molecule has 36 heavy (non-hydrogen) atoms. The number of methoxy groups -OCH3 is 2. The Labute approximate surface area is 213 Å². The van der Waals surface area contributed by atoms with Crippen molar-refractivity contribution in [1.29, 1.82) is 0 Å². The molecule has 4 rings (SSSR count). The van der Waals surface area contributed by atoms with Crippen LogP contribution in [0.25, 0.3) is 11.1 Å². The molecule has 0 amide bonds. The third-order valence-electron chi connectivity index (χ3n) is 7.18. The van der Waals surface area contributed by atoms with Crippen LogP contribution in [0, 0.1) is 11.7 Å². The summed E-state index contributed by atoms with van der Waals surface area (Å²) in [6.07, 6.45) is 1.89. The molecule has 0 saturated heterocycles. The second-order valence-electron chi connectivity index (χ2n) is 10.6. The van der Waals surface area contributed by atoms with E-state index >= 15 is 0 Å². The minimum Gasteiger partial charge on any atom is -0.497 e. The van der Waals surface area contributed by atoms with Crippen molar-refractivity contribution in [3.63, 3.8) is 0 Å². The third-order valence-corrected chi connectivity index (χ3v) is 7.18. The van der Waals surface area contributed by atoms with Crippen molar-refractivity contribution in [2.75, 3.05) is 14.2 Å². The van der Waals surface area contributed by atoms with Crippen LogP contribution in [0.5, 0.6) is 11.5 Å². The summed E-state index contributed by atoms with van der Waals surface area (Å²) in [6, 6.07) is 17.0. The Morgan fingerprint density at radius 2 is 1.75 bits per heavy atom. The predicted octanol–water partition coefficient (Wildman–Crippen LogP) is 7.22. The molecule has 0 fully saturated rings. The first-order chi connectivity index (χ1) is 17.1. The van der Waals surface area contributed by atoms with E-state index in [0.29, 0.717) is 17.9 Å². The van der Waals surface area contributed by atoms with Gasteiger partial charge in [-0.2, -0.15) is 0 Å². The number of ether oxygens (including phenoxy) is 3. The second-order valence-corrected chi connectivity index (χ2v) is 10.6. The molecular formula is C31H35FO4.